The predicted octanol–water partition coefficient (Wildman–Crippen LogP) is 2.63. The molecule has 0 spiro atoms. The maximum Gasteiger partial charge on any atom is 0.129 e. The maximum atomic E-state index is 5.64. The van der Waals surface area contributed by atoms with Crippen molar-refractivity contribution >= 4 is 17.2 Å². The molecule has 1 heterocycles. The lowest BCUT2D eigenvalue weighted by Crippen LogP contribution is -2.12. The van der Waals surface area contributed by atoms with Gasteiger partial charge in [-0.3, -0.25) is 0 Å². The van der Waals surface area contributed by atoms with E-state index in [9.17, 15) is 0 Å². The van der Waals surface area contributed by atoms with Gasteiger partial charge in [0.15, 0.2) is 0 Å². The highest BCUT2D eigenvalue weighted by atomic mass is 32.1. The largest absolute Gasteiger partial charge is 0.467 e. The van der Waals surface area contributed by atoms with E-state index < -0.39 is 0 Å². The lowest BCUT2D eigenvalue weighted by Gasteiger charge is -2.07. The summed E-state index contributed by atoms with van der Waals surface area (Å²) in [5.74, 6) is 0.804. The minimum atomic E-state index is 0.391. The van der Waals surface area contributed by atoms with Crippen LogP contribution in [-0.2, 0) is 18.0 Å². The Morgan fingerprint density at radius 2 is 2.00 bits per heavy atom. The van der Waals surface area contributed by atoms with Crippen LogP contribution in [0.4, 0.5) is 0 Å². The van der Waals surface area contributed by atoms with Gasteiger partial charge in [-0.2, -0.15) is 0 Å². The number of thiocarbonyl (C=S) groups is 1. The summed E-state index contributed by atoms with van der Waals surface area (Å²) in [6.07, 6.45) is 1.63. The van der Waals surface area contributed by atoms with Crippen molar-refractivity contribution in [1.29, 1.82) is 0 Å². The molecule has 2 N–H and O–H groups in total. The lowest BCUT2D eigenvalue weighted by atomic mass is 10.1. The van der Waals surface area contributed by atoms with Gasteiger partial charge in [0.1, 0.15) is 17.4 Å². The molecule has 0 aliphatic carbocycles. The first kappa shape index (κ1) is 11.8. The summed E-state index contributed by atoms with van der Waals surface area (Å²) in [6.45, 7) is 0.910. The molecule has 0 radical (unpaired) electrons. The number of hydrogen-bond donors (Lipinski definition) is 1. The highest BCUT2D eigenvalue weighted by Gasteiger charge is 2.04. The first-order valence-corrected chi connectivity index (χ1v) is 5.66. The fourth-order valence-corrected chi connectivity index (χ4v) is 1.74. The molecule has 0 aliphatic rings. The number of hydrogen-bond acceptors (Lipinski definition) is 3. The zero-order valence-electron chi connectivity index (χ0n) is 9.26. The van der Waals surface area contributed by atoms with E-state index in [0.29, 0.717) is 18.2 Å². The van der Waals surface area contributed by atoms with E-state index >= 15 is 0 Å². The summed E-state index contributed by atoms with van der Waals surface area (Å²) >= 11 is 4.98. The Morgan fingerprint density at radius 1 is 1.18 bits per heavy atom. The van der Waals surface area contributed by atoms with Gasteiger partial charge in [-0.1, -0.05) is 36.5 Å². The van der Waals surface area contributed by atoms with E-state index in [1.165, 1.54) is 0 Å². The Morgan fingerprint density at radius 3 is 2.71 bits per heavy atom. The van der Waals surface area contributed by atoms with Crippen LogP contribution in [0.25, 0.3) is 0 Å². The summed E-state index contributed by atoms with van der Waals surface area (Å²) in [5, 5.41) is 0. The molecule has 1 aromatic heterocycles. The van der Waals surface area contributed by atoms with Crippen LogP contribution in [0.5, 0.6) is 0 Å². The molecular formula is C13H13NO2S. The minimum absolute atomic E-state index is 0.391. The number of ether oxygens (including phenoxy) is 1. The van der Waals surface area contributed by atoms with E-state index in [0.717, 1.165) is 16.9 Å². The summed E-state index contributed by atoms with van der Waals surface area (Å²) in [4.78, 5) is 0.391. The SMILES string of the molecule is NC(=S)c1ccccc1COCc1ccco1. The van der Waals surface area contributed by atoms with Crippen molar-refractivity contribution in [2.24, 2.45) is 5.73 Å². The van der Waals surface area contributed by atoms with Gasteiger partial charge >= 0.3 is 0 Å². The van der Waals surface area contributed by atoms with Crippen molar-refractivity contribution < 1.29 is 9.15 Å². The average Bonchev–Trinajstić information content (AvgIpc) is 2.82. The minimum Gasteiger partial charge on any atom is -0.467 e. The van der Waals surface area contributed by atoms with Crippen molar-refractivity contribution in [3.63, 3.8) is 0 Å². The van der Waals surface area contributed by atoms with E-state index in [1.54, 1.807) is 6.26 Å². The van der Waals surface area contributed by atoms with Gasteiger partial charge in [-0.25, -0.2) is 0 Å². The Kier molecular flexibility index (Phi) is 3.90. The molecule has 0 amide bonds. The van der Waals surface area contributed by atoms with Crippen LogP contribution in [0.3, 0.4) is 0 Å². The second-order valence-corrected chi connectivity index (χ2v) is 4.03. The van der Waals surface area contributed by atoms with Gasteiger partial charge in [0.2, 0.25) is 0 Å². The molecule has 2 aromatic rings. The number of nitrogens with two attached hydrogens (primary N) is 1. The molecule has 0 fully saturated rings. The molecule has 1 aromatic carbocycles. The molecule has 0 bridgehead atoms. The van der Waals surface area contributed by atoms with E-state index in [-0.39, 0.29) is 0 Å². The zero-order valence-corrected chi connectivity index (χ0v) is 10.1. The Bertz CT molecular complexity index is 494. The van der Waals surface area contributed by atoms with Crippen LogP contribution in [0.15, 0.2) is 47.1 Å². The predicted molar refractivity (Wildman–Crippen MR) is 69.5 cm³/mol. The Hall–Kier alpha value is -1.65. The molecular weight excluding hydrogens is 234 g/mol. The second-order valence-electron chi connectivity index (χ2n) is 3.59. The van der Waals surface area contributed by atoms with Crippen LogP contribution in [0.2, 0.25) is 0 Å². The Balaban J connectivity index is 1.97. The van der Waals surface area contributed by atoms with Gasteiger partial charge < -0.3 is 14.9 Å². The summed E-state index contributed by atoms with van der Waals surface area (Å²) in [7, 11) is 0. The monoisotopic (exact) mass is 247 g/mol. The molecule has 0 saturated heterocycles. The molecule has 88 valence electrons. The van der Waals surface area contributed by atoms with Crippen molar-refractivity contribution in [3.05, 3.63) is 59.5 Å². The van der Waals surface area contributed by atoms with E-state index in [2.05, 4.69) is 0 Å². The molecule has 0 saturated carbocycles. The summed E-state index contributed by atoms with van der Waals surface area (Å²) < 4.78 is 10.7. The second kappa shape index (κ2) is 5.61. The molecule has 17 heavy (non-hydrogen) atoms. The van der Waals surface area contributed by atoms with Gasteiger partial charge in [-0.05, 0) is 17.7 Å². The fraction of sp³-hybridized carbons (Fsp3) is 0.154. The lowest BCUT2D eigenvalue weighted by molar-refractivity contribution is 0.0928. The van der Waals surface area contributed by atoms with Crippen LogP contribution in [-0.4, -0.2) is 4.99 Å². The molecule has 0 unspecified atom stereocenters. The van der Waals surface area contributed by atoms with Crippen LogP contribution < -0.4 is 5.73 Å². The van der Waals surface area contributed by atoms with Gasteiger partial charge in [0.25, 0.3) is 0 Å². The average molecular weight is 247 g/mol. The zero-order chi connectivity index (χ0) is 12.1. The normalized spacial score (nSPS) is 10.4. The smallest absolute Gasteiger partial charge is 0.129 e. The molecule has 0 aliphatic heterocycles. The van der Waals surface area contributed by atoms with Crippen LogP contribution in [0, 0.1) is 0 Å². The van der Waals surface area contributed by atoms with Crippen molar-refractivity contribution in [3.8, 4) is 0 Å². The van der Waals surface area contributed by atoms with E-state index in [4.69, 9.17) is 27.1 Å². The maximum absolute atomic E-state index is 5.64. The molecule has 0 atom stereocenters. The summed E-state index contributed by atoms with van der Waals surface area (Å²) in [5.41, 5.74) is 7.49. The highest BCUT2D eigenvalue weighted by Crippen LogP contribution is 2.11. The topological polar surface area (TPSA) is 48.4 Å². The third-order valence-electron chi connectivity index (χ3n) is 2.36. The van der Waals surface area contributed by atoms with Gasteiger partial charge in [-0.15, -0.1) is 0 Å². The van der Waals surface area contributed by atoms with Gasteiger partial charge in [0, 0.05) is 5.56 Å². The third-order valence-corrected chi connectivity index (χ3v) is 2.58. The van der Waals surface area contributed by atoms with Crippen LogP contribution in [0.1, 0.15) is 16.9 Å². The molecule has 2 rings (SSSR count). The first-order chi connectivity index (χ1) is 8.27. The van der Waals surface area contributed by atoms with E-state index in [1.807, 2.05) is 36.4 Å². The third kappa shape index (κ3) is 3.15. The molecule has 4 heteroatoms. The Labute approximate surface area is 105 Å². The first-order valence-electron chi connectivity index (χ1n) is 5.25. The standard InChI is InChI=1S/C13H13NO2S/c14-13(17)12-6-2-1-4-10(12)8-15-9-11-5-3-7-16-11/h1-7H,8-9H2,(H2,14,17). The number of furan rings is 1. The van der Waals surface area contributed by atoms with Crippen molar-refractivity contribution in [1.82, 2.24) is 0 Å². The quantitative estimate of drug-likeness (QED) is 0.825. The fourth-order valence-electron chi connectivity index (χ4n) is 1.54. The molecule has 3 nitrogen and oxygen atoms in total. The highest BCUT2D eigenvalue weighted by molar-refractivity contribution is 7.80. The summed E-state index contributed by atoms with van der Waals surface area (Å²) in [6, 6.07) is 11.4. The van der Waals surface area contributed by atoms with Gasteiger partial charge in [0.05, 0.1) is 12.9 Å². The number of benzene rings is 1. The van der Waals surface area contributed by atoms with Crippen LogP contribution >= 0.6 is 12.2 Å². The van der Waals surface area contributed by atoms with Crippen molar-refractivity contribution in [2.75, 3.05) is 0 Å². The number of rotatable bonds is 5. The van der Waals surface area contributed by atoms with Crippen molar-refractivity contribution in [2.45, 2.75) is 13.2 Å².